The normalized spacial score (nSPS) is 11.0. The van der Waals surface area contributed by atoms with Crippen molar-refractivity contribution in [3.05, 3.63) is 59.7 Å². The van der Waals surface area contributed by atoms with Crippen LogP contribution in [0.5, 0.6) is 0 Å². The summed E-state index contributed by atoms with van der Waals surface area (Å²) in [7, 11) is 0. The molecule has 19 heavy (non-hydrogen) atoms. The molecule has 0 saturated heterocycles. The van der Waals surface area contributed by atoms with E-state index in [1.807, 2.05) is 25.1 Å². The van der Waals surface area contributed by atoms with Gasteiger partial charge in [0.2, 0.25) is 5.91 Å². The standard InChI is InChI=1S/C15H17NO3/c1-2-3-4-9-14(17)16-11-13-8-6-5-7-12(13)10-15(18)19/h2-9H,10-11H2,1H3,(H,16,17)(H,18,19). The van der Waals surface area contributed by atoms with Gasteiger partial charge in [0.25, 0.3) is 0 Å². The summed E-state index contributed by atoms with van der Waals surface area (Å²) in [5.74, 6) is -1.09. The maximum absolute atomic E-state index is 11.5. The summed E-state index contributed by atoms with van der Waals surface area (Å²) in [5, 5.41) is 11.5. The molecule has 100 valence electrons. The predicted octanol–water partition coefficient (Wildman–Crippen LogP) is 2.06. The highest BCUT2D eigenvalue weighted by Crippen LogP contribution is 2.09. The number of nitrogens with one attached hydrogen (secondary N) is 1. The number of amides is 1. The lowest BCUT2D eigenvalue weighted by molar-refractivity contribution is -0.136. The first-order valence-electron chi connectivity index (χ1n) is 5.99. The Morgan fingerprint density at radius 1 is 1.21 bits per heavy atom. The van der Waals surface area contributed by atoms with Crippen molar-refractivity contribution in [3.63, 3.8) is 0 Å². The van der Waals surface area contributed by atoms with Crippen LogP contribution >= 0.6 is 0 Å². The van der Waals surface area contributed by atoms with E-state index < -0.39 is 5.97 Å². The maximum atomic E-state index is 11.5. The topological polar surface area (TPSA) is 66.4 Å². The Balaban J connectivity index is 2.62. The van der Waals surface area contributed by atoms with Crippen LogP contribution in [0.3, 0.4) is 0 Å². The molecule has 0 heterocycles. The van der Waals surface area contributed by atoms with Gasteiger partial charge in [0.15, 0.2) is 0 Å². The fourth-order valence-electron chi connectivity index (χ4n) is 1.56. The first-order valence-corrected chi connectivity index (χ1v) is 5.99. The van der Waals surface area contributed by atoms with E-state index >= 15 is 0 Å². The average Bonchev–Trinajstić information content (AvgIpc) is 2.37. The van der Waals surface area contributed by atoms with Gasteiger partial charge in [-0.25, -0.2) is 0 Å². The van der Waals surface area contributed by atoms with Gasteiger partial charge in [-0.3, -0.25) is 9.59 Å². The number of aliphatic carboxylic acids is 1. The molecular weight excluding hydrogens is 242 g/mol. The molecule has 4 heteroatoms. The van der Waals surface area contributed by atoms with Gasteiger partial charge in [0, 0.05) is 12.6 Å². The molecule has 0 spiro atoms. The first-order chi connectivity index (χ1) is 9.13. The van der Waals surface area contributed by atoms with Crippen LogP contribution in [0.1, 0.15) is 18.1 Å². The molecule has 0 aliphatic carbocycles. The zero-order valence-corrected chi connectivity index (χ0v) is 10.8. The van der Waals surface area contributed by atoms with E-state index in [0.717, 1.165) is 5.56 Å². The fourth-order valence-corrected chi connectivity index (χ4v) is 1.56. The molecule has 1 aromatic carbocycles. The summed E-state index contributed by atoms with van der Waals surface area (Å²) in [5.41, 5.74) is 1.53. The Kier molecular flexibility index (Phi) is 6.09. The van der Waals surface area contributed by atoms with E-state index in [-0.39, 0.29) is 12.3 Å². The molecule has 0 aliphatic rings. The number of rotatable bonds is 6. The molecule has 0 radical (unpaired) electrons. The molecule has 0 aromatic heterocycles. The largest absolute Gasteiger partial charge is 0.481 e. The number of carboxylic acid groups (broad SMARTS) is 1. The molecule has 4 nitrogen and oxygen atoms in total. The van der Waals surface area contributed by atoms with Crippen molar-refractivity contribution in [2.24, 2.45) is 0 Å². The minimum atomic E-state index is -0.883. The van der Waals surface area contributed by atoms with E-state index in [4.69, 9.17) is 5.11 Å². The van der Waals surface area contributed by atoms with Crippen molar-refractivity contribution in [1.29, 1.82) is 0 Å². The van der Waals surface area contributed by atoms with E-state index in [1.165, 1.54) is 6.08 Å². The molecule has 0 fully saturated rings. The van der Waals surface area contributed by atoms with Gasteiger partial charge in [-0.15, -0.1) is 0 Å². The quantitative estimate of drug-likeness (QED) is 0.607. The lowest BCUT2D eigenvalue weighted by Gasteiger charge is -2.07. The third-order valence-electron chi connectivity index (χ3n) is 2.46. The first kappa shape index (κ1) is 14.7. The van der Waals surface area contributed by atoms with Crippen molar-refractivity contribution in [2.45, 2.75) is 19.9 Å². The minimum Gasteiger partial charge on any atom is -0.481 e. The second kappa shape index (κ2) is 7.87. The third kappa shape index (κ3) is 5.68. The van der Waals surface area contributed by atoms with Crippen LogP contribution < -0.4 is 5.32 Å². The molecule has 1 aromatic rings. The van der Waals surface area contributed by atoms with Crippen LogP contribution in [0, 0.1) is 0 Å². The molecule has 2 N–H and O–H groups in total. The maximum Gasteiger partial charge on any atom is 0.307 e. The highest BCUT2D eigenvalue weighted by molar-refractivity contribution is 5.87. The zero-order chi connectivity index (χ0) is 14.1. The highest BCUT2D eigenvalue weighted by Gasteiger charge is 2.06. The summed E-state index contributed by atoms with van der Waals surface area (Å²) in [6.45, 7) is 2.19. The fraction of sp³-hybridized carbons (Fsp3) is 0.200. The van der Waals surface area contributed by atoms with Gasteiger partial charge in [-0.05, 0) is 18.1 Å². The summed E-state index contributed by atoms with van der Waals surface area (Å²) < 4.78 is 0. The van der Waals surface area contributed by atoms with Crippen LogP contribution in [-0.4, -0.2) is 17.0 Å². The minimum absolute atomic E-state index is 0.0412. The second-order valence-electron chi connectivity index (χ2n) is 3.94. The number of carbonyl (C=O) groups excluding carboxylic acids is 1. The SMILES string of the molecule is CC=CC=CC(=O)NCc1ccccc1CC(=O)O. The number of carbonyl (C=O) groups is 2. The zero-order valence-electron chi connectivity index (χ0n) is 10.8. The molecule has 1 rings (SSSR count). The molecule has 1 amide bonds. The van der Waals surface area contributed by atoms with E-state index in [9.17, 15) is 9.59 Å². The van der Waals surface area contributed by atoms with Gasteiger partial charge < -0.3 is 10.4 Å². The Morgan fingerprint density at radius 3 is 2.53 bits per heavy atom. The van der Waals surface area contributed by atoms with E-state index in [0.29, 0.717) is 12.1 Å². The predicted molar refractivity (Wildman–Crippen MR) is 73.6 cm³/mol. The van der Waals surface area contributed by atoms with E-state index in [2.05, 4.69) is 5.32 Å². The number of allylic oxidation sites excluding steroid dienone is 3. The number of hydrogen-bond donors (Lipinski definition) is 2. The van der Waals surface area contributed by atoms with Crippen LogP contribution in [0.2, 0.25) is 0 Å². The smallest absolute Gasteiger partial charge is 0.307 e. The molecule has 0 unspecified atom stereocenters. The lowest BCUT2D eigenvalue weighted by Crippen LogP contribution is -2.21. The second-order valence-corrected chi connectivity index (χ2v) is 3.94. The summed E-state index contributed by atoms with van der Waals surface area (Å²) in [6.07, 6.45) is 6.63. The highest BCUT2D eigenvalue weighted by atomic mass is 16.4. The molecule has 0 saturated carbocycles. The van der Waals surface area contributed by atoms with Crippen LogP contribution in [-0.2, 0) is 22.6 Å². The van der Waals surface area contributed by atoms with Gasteiger partial charge >= 0.3 is 5.97 Å². The van der Waals surface area contributed by atoms with Crippen molar-refractivity contribution >= 4 is 11.9 Å². The summed E-state index contributed by atoms with van der Waals surface area (Å²) in [4.78, 5) is 22.2. The van der Waals surface area contributed by atoms with Crippen molar-refractivity contribution in [1.82, 2.24) is 5.32 Å². The Labute approximate surface area is 112 Å². The van der Waals surface area contributed by atoms with Gasteiger partial charge in [0.05, 0.1) is 6.42 Å². The number of carboxylic acids is 1. The third-order valence-corrected chi connectivity index (χ3v) is 2.46. The number of hydrogen-bond acceptors (Lipinski definition) is 2. The van der Waals surface area contributed by atoms with Crippen molar-refractivity contribution < 1.29 is 14.7 Å². The van der Waals surface area contributed by atoms with Gasteiger partial charge in [-0.2, -0.15) is 0 Å². The van der Waals surface area contributed by atoms with Gasteiger partial charge in [0.1, 0.15) is 0 Å². The number of benzene rings is 1. The summed E-state index contributed by atoms with van der Waals surface area (Å²) in [6, 6.07) is 7.18. The van der Waals surface area contributed by atoms with Crippen molar-refractivity contribution in [2.75, 3.05) is 0 Å². The Bertz CT molecular complexity index is 504. The average molecular weight is 259 g/mol. The molecule has 0 bridgehead atoms. The van der Waals surface area contributed by atoms with Crippen LogP contribution in [0.4, 0.5) is 0 Å². The molecular formula is C15H17NO3. The van der Waals surface area contributed by atoms with Gasteiger partial charge in [-0.1, -0.05) is 42.5 Å². The summed E-state index contributed by atoms with van der Waals surface area (Å²) >= 11 is 0. The molecule has 0 aliphatic heterocycles. The van der Waals surface area contributed by atoms with Crippen LogP contribution in [0.15, 0.2) is 48.6 Å². The van der Waals surface area contributed by atoms with Crippen molar-refractivity contribution in [3.8, 4) is 0 Å². The monoisotopic (exact) mass is 259 g/mol. The molecule has 0 atom stereocenters. The Morgan fingerprint density at radius 2 is 1.89 bits per heavy atom. The van der Waals surface area contributed by atoms with E-state index in [1.54, 1.807) is 24.3 Å². The Hall–Kier alpha value is -2.36. The van der Waals surface area contributed by atoms with Crippen LogP contribution in [0.25, 0.3) is 0 Å². The lowest BCUT2D eigenvalue weighted by atomic mass is 10.0.